The molecule has 1 amide bonds. The number of pyridine rings is 2. The molecule has 1 aliphatic carbocycles. The molecule has 0 aliphatic heterocycles. The molecular formula is C32H26N6O2S. The van der Waals surface area contributed by atoms with Gasteiger partial charge >= 0.3 is 0 Å². The van der Waals surface area contributed by atoms with Gasteiger partial charge in [-0.25, -0.2) is 0 Å². The van der Waals surface area contributed by atoms with Crippen molar-refractivity contribution >= 4 is 50.5 Å². The zero-order valence-electron chi connectivity index (χ0n) is 22.4. The van der Waals surface area contributed by atoms with Gasteiger partial charge in [-0.3, -0.25) is 24.7 Å². The quantitative estimate of drug-likeness (QED) is 0.187. The highest BCUT2D eigenvalue weighted by molar-refractivity contribution is 7.17. The van der Waals surface area contributed by atoms with E-state index in [1.807, 2.05) is 36.5 Å². The van der Waals surface area contributed by atoms with E-state index in [2.05, 4.69) is 48.7 Å². The fourth-order valence-corrected chi connectivity index (χ4v) is 6.49. The maximum Gasteiger partial charge on any atom is 0.227 e. The van der Waals surface area contributed by atoms with E-state index >= 15 is 0 Å². The van der Waals surface area contributed by atoms with Crippen LogP contribution in [-0.4, -0.2) is 36.8 Å². The van der Waals surface area contributed by atoms with Gasteiger partial charge in [-0.2, -0.15) is 5.10 Å². The summed E-state index contributed by atoms with van der Waals surface area (Å²) in [6.07, 6.45) is 10.7. The predicted molar refractivity (Wildman–Crippen MR) is 161 cm³/mol. The number of Topliss-reactive ketones (excluding diaryl/α,β-unsaturated/α-hetero) is 1. The summed E-state index contributed by atoms with van der Waals surface area (Å²) in [4.78, 5) is 38.9. The molecule has 9 heteroatoms. The smallest absolute Gasteiger partial charge is 0.227 e. The van der Waals surface area contributed by atoms with Crippen LogP contribution in [0.3, 0.4) is 0 Å². The van der Waals surface area contributed by atoms with Gasteiger partial charge in [0.2, 0.25) is 5.91 Å². The number of anilines is 1. The van der Waals surface area contributed by atoms with Crippen molar-refractivity contribution in [2.24, 2.45) is 5.92 Å². The average Bonchev–Trinajstić information content (AvgIpc) is 3.75. The molecule has 0 atom stereocenters. The largest absolute Gasteiger partial charge is 0.352 e. The maximum atomic E-state index is 12.8. The third-order valence-electron chi connectivity index (χ3n) is 7.73. The Morgan fingerprint density at radius 1 is 1.02 bits per heavy atom. The molecule has 1 fully saturated rings. The highest BCUT2D eigenvalue weighted by atomic mass is 32.1. The van der Waals surface area contributed by atoms with Crippen LogP contribution in [0.15, 0.2) is 55.0 Å². The third-order valence-corrected chi connectivity index (χ3v) is 8.95. The number of ketones is 1. The third kappa shape index (κ3) is 4.77. The van der Waals surface area contributed by atoms with E-state index in [9.17, 15) is 9.59 Å². The first-order valence-electron chi connectivity index (χ1n) is 13.7. The summed E-state index contributed by atoms with van der Waals surface area (Å²) < 4.78 is 0. The molecule has 7 rings (SSSR count). The zero-order chi connectivity index (χ0) is 27.9. The second-order valence-corrected chi connectivity index (χ2v) is 11.6. The molecule has 41 heavy (non-hydrogen) atoms. The first kappa shape index (κ1) is 25.2. The lowest BCUT2D eigenvalue weighted by molar-refractivity contribution is -0.120. The monoisotopic (exact) mass is 558 g/mol. The number of H-pyrrole nitrogens is 2. The number of thiophene rings is 1. The van der Waals surface area contributed by atoms with Crippen molar-refractivity contribution in [2.75, 3.05) is 5.32 Å². The number of nitrogens with one attached hydrogen (secondary N) is 3. The first-order chi connectivity index (χ1) is 20.0. The molecule has 0 saturated heterocycles. The van der Waals surface area contributed by atoms with Gasteiger partial charge < -0.3 is 10.3 Å². The number of hydrogen-bond acceptors (Lipinski definition) is 6. The average molecular weight is 559 g/mol. The molecule has 8 nitrogen and oxygen atoms in total. The van der Waals surface area contributed by atoms with Gasteiger partial charge in [0, 0.05) is 38.9 Å². The molecular weight excluding hydrogens is 532 g/mol. The fourth-order valence-electron chi connectivity index (χ4n) is 5.57. The van der Waals surface area contributed by atoms with Gasteiger partial charge in [-0.1, -0.05) is 25.3 Å². The number of hydrogen-bond donors (Lipinski definition) is 3. The SMILES string of the molecule is CC(=O)c1ccc(-c2cncc3[nH]c(-c4n[nH]c5cnc(-c6cc#cc(NC(=O)C7CCCCC7)c6)cc45)cc23)s1. The Kier molecular flexibility index (Phi) is 6.33. The van der Waals surface area contributed by atoms with E-state index in [1.54, 1.807) is 19.3 Å². The minimum Gasteiger partial charge on any atom is -0.352 e. The molecule has 0 radical (unpaired) electrons. The normalized spacial score (nSPS) is 13.9. The minimum absolute atomic E-state index is 0.0520. The van der Waals surface area contributed by atoms with Crippen molar-refractivity contribution in [3.8, 4) is 33.1 Å². The highest BCUT2D eigenvalue weighted by Crippen LogP contribution is 2.37. The van der Waals surface area contributed by atoms with Crippen LogP contribution in [0.1, 0.15) is 48.7 Å². The molecule has 6 aromatic rings. The molecule has 0 spiro atoms. The summed E-state index contributed by atoms with van der Waals surface area (Å²) in [6.45, 7) is 1.58. The molecule has 5 heterocycles. The van der Waals surface area contributed by atoms with Crippen molar-refractivity contribution in [1.29, 1.82) is 0 Å². The number of aromatic amines is 2. The molecule has 202 valence electrons. The molecule has 3 N–H and O–H groups in total. The van der Waals surface area contributed by atoms with Crippen molar-refractivity contribution in [1.82, 2.24) is 25.1 Å². The zero-order valence-corrected chi connectivity index (χ0v) is 23.2. The van der Waals surface area contributed by atoms with Crippen LogP contribution < -0.4 is 5.32 Å². The van der Waals surface area contributed by atoms with Gasteiger partial charge in [0.05, 0.1) is 45.4 Å². The Bertz CT molecular complexity index is 1930. The number of rotatable bonds is 6. The molecule has 0 bridgehead atoms. The van der Waals surface area contributed by atoms with E-state index in [0.29, 0.717) is 5.69 Å². The summed E-state index contributed by atoms with van der Waals surface area (Å²) in [6, 6.07) is 17.7. The highest BCUT2D eigenvalue weighted by Gasteiger charge is 2.21. The molecule has 0 unspecified atom stereocenters. The number of carbonyl (C=O) groups excluding carboxylic acids is 2. The van der Waals surface area contributed by atoms with Crippen molar-refractivity contribution < 1.29 is 9.59 Å². The van der Waals surface area contributed by atoms with Crippen LogP contribution in [0, 0.1) is 18.1 Å². The lowest BCUT2D eigenvalue weighted by atomic mass is 9.88. The van der Waals surface area contributed by atoms with Crippen LogP contribution in [-0.2, 0) is 4.79 Å². The predicted octanol–water partition coefficient (Wildman–Crippen LogP) is 7.22. The van der Waals surface area contributed by atoms with Crippen LogP contribution in [0.5, 0.6) is 0 Å². The van der Waals surface area contributed by atoms with Crippen molar-refractivity contribution in [2.45, 2.75) is 39.0 Å². The van der Waals surface area contributed by atoms with Crippen molar-refractivity contribution in [3.63, 3.8) is 0 Å². The van der Waals surface area contributed by atoms with E-state index < -0.39 is 0 Å². The van der Waals surface area contributed by atoms with Crippen molar-refractivity contribution in [3.05, 3.63) is 72.0 Å². The number of carbonyl (C=O) groups is 2. The minimum atomic E-state index is 0.0520. The standard InChI is InChI=1S/C32H26N6O2S/c1-18(39)29-10-11-30(41-29)24-15-33-16-27-22(24)13-26(36-27)31-23-14-25(34-17-28(23)37-38-31)20-8-5-9-21(12-20)35-32(40)19-6-3-2-4-7-19/h8,10-17,19,36H,2-4,6-7H2,1H3,(H,35,40)(H,37,38). The van der Waals surface area contributed by atoms with Gasteiger partial charge in [0.15, 0.2) is 5.78 Å². The van der Waals surface area contributed by atoms with E-state index in [4.69, 9.17) is 0 Å². The lowest BCUT2D eigenvalue weighted by Gasteiger charge is -2.20. The van der Waals surface area contributed by atoms with Gasteiger partial charge in [0.1, 0.15) is 5.69 Å². The van der Waals surface area contributed by atoms with Crippen LogP contribution in [0.4, 0.5) is 5.69 Å². The molecule has 1 saturated carbocycles. The Balaban J connectivity index is 1.22. The van der Waals surface area contributed by atoms with Crippen LogP contribution >= 0.6 is 11.3 Å². The van der Waals surface area contributed by atoms with Gasteiger partial charge in [-0.05, 0) is 62.2 Å². The van der Waals surface area contributed by atoms with Gasteiger partial charge in [0.25, 0.3) is 0 Å². The van der Waals surface area contributed by atoms with E-state index in [0.717, 1.165) is 85.5 Å². The fraction of sp³-hybridized carbons (Fsp3) is 0.219. The second-order valence-electron chi connectivity index (χ2n) is 10.5. The molecule has 1 aromatic carbocycles. The van der Waals surface area contributed by atoms with E-state index in [-0.39, 0.29) is 17.6 Å². The summed E-state index contributed by atoms with van der Waals surface area (Å²) in [5.74, 6) is 0.169. The Morgan fingerprint density at radius 2 is 1.90 bits per heavy atom. The number of nitrogens with zero attached hydrogens (tertiary/aromatic N) is 3. The second kappa shape index (κ2) is 10.3. The molecule has 1 aliphatic rings. The van der Waals surface area contributed by atoms with Gasteiger partial charge in [-0.15, -0.1) is 11.3 Å². The van der Waals surface area contributed by atoms with E-state index in [1.165, 1.54) is 17.8 Å². The van der Waals surface area contributed by atoms with Crippen LogP contribution in [0.25, 0.3) is 54.9 Å². The Hall–Kier alpha value is -4.81. The summed E-state index contributed by atoms with van der Waals surface area (Å²) in [5, 5.41) is 12.6. The Labute approximate surface area is 240 Å². The topological polar surface area (TPSA) is 116 Å². The first-order valence-corrected chi connectivity index (χ1v) is 14.5. The Morgan fingerprint density at radius 3 is 2.73 bits per heavy atom. The lowest BCUT2D eigenvalue weighted by Crippen LogP contribution is -2.24. The molecule has 5 aromatic heterocycles. The summed E-state index contributed by atoms with van der Waals surface area (Å²) in [5.41, 5.74) is 6.43. The van der Waals surface area contributed by atoms with Crippen LogP contribution in [0.2, 0.25) is 0 Å². The number of fused-ring (bicyclic) bond motifs is 2. The summed E-state index contributed by atoms with van der Waals surface area (Å²) in [7, 11) is 0. The number of aromatic nitrogens is 5. The maximum absolute atomic E-state index is 12.8. The summed E-state index contributed by atoms with van der Waals surface area (Å²) >= 11 is 1.47. The number of amides is 1.